The molecule has 0 aliphatic heterocycles. The summed E-state index contributed by atoms with van der Waals surface area (Å²) in [4.78, 5) is 15.7. The zero-order valence-corrected chi connectivity index (χ0v) is 19.8. The van der Waals surface area contributed by atoms with Crippen LogP contribution in [0, 0.1) is 17.8 Å². The van der Waals surface area contributed by atoms with Crippen molar-refractivity contribution in [1.29, 1.82) is 0 Å². The highest BCUT2D eigenvalue weighted by Gasteiger charge is 2.60. The van der Waals surface area contributed by atoms with Gasteiger partial charge >= 0.3 is 12.1 Å². The van der Waals surface area contributed by atoms with Crippen LogP contribution in [0.1, 0.15) is 64.1 Å². The number of carboxylic acid groups (broad SMARTS) is 1. The van der Waals surface area contributed by atoms with E-state index in [0.717, 1.165) is 47.1 Å². The molecule has 0 spiro atoms. The van der Waals surface area contributed by atoms with Crippen molar-refractivity contribution in [2.24, 2.45) is 17.8 Å². The maximum absolute atomic E-state index is 13.8. The van der Waals surface area contributed by atoms with Crippen molar-refractivity contribution >= 4 is 5.97 Å². The minimum atomic E-state index is -4.40. The first-order valence-electron chi connectivity index (χ1n) is 12.3. The van der Waals surface area contributed by atoms with E-state index in [1.54, 1.807) is 18.3 Å². The van der Waals surface area contributed by atoms with Gasteiger partial charge in [-0.2, -0.15) is 13.2 Å². The molecule has 5 atom stereocenters. The van der Waals surface area contributed by atoms with Gasteiger partial charge in [-0.25, -0.2) is 4.98 Å². The molecule has 7 heteroatoms. The first kappa shape index (κ1) is 23.1. The van der Waals surface area contributed by atoms with E-state index in [0.29, 0.717) is 11.4 Å². The molecule has 3 aliphatic carbocycles. The number of benzene rings is 2. The number of carboxylic acids is 1. The number of rotatable bonds is 5. The Morgan fingerprint density at radius 1 is 1.08 bits per heavy atom. The Kier molecular flexibility index (Phi) is 5.36. The standard InChI is InChI=1S/C29H26F3NO3/c1-15-6-8-17-9-7-16(10-20(17)25(15)19-4-2-3-5-23(19)29(30,31)32)14-36-24-12-18-11-21-26(22(18)13-33-24)27(21)28(34)35/h2-5,7,9-10,12-13,15,21,25-27H,6,8,11,14H2,1H3,(H,34,35)/t15?,21-,25?,26-,27?/m1/s1. The van der Waals surface area contributed by atoms with Crippen molar-refractivity contribution in [1.82, 2.24) is 4.98 Å². The number of aliphatic carboxylic acids is 1. The van der Waals surface area contributed by atoms with Gasteiger partial charge in [-0.3, -0.25) is 4.79 Å². The molecule has 36 heavy (non-hydrogen) atoms. The normalized spacial score (nSPS) is 26.1. The molecule has 3 aromatic rings. The Labute approximate surface area is 207 Å². The second kappa shape index (κ2) is 8.36. The van der Waals surface area contributed by atoms with E-state index in [9.17, 15) is 23.1 Å². The van der Waals surface area contributed by atoms with Crippen molar-refractivity contribution in [3.63, 3.8) is 0 Å². The third kappa shape index (κ3) is 3.85. The van der Waals surface area contributed by atoms with Gasteiger partial charge in [0.25, 0.3) is 0 Å². The number of aryl methyl sites for hydroxylation is 1. The zero-order valence-electron chi connectivity index (χ0n) is 19.8. The van der Waals surface area contributed by atoms with Crippen LogP contribution in [0.25, 0.3) is 0 Å². The zero-order chi connectivity index (χ0) is 25.2. The van der Waals surface area contributed by atoms with Crippen molar-refractivity contribution in [3.05, 3.63) is 93.7 Å². The molecule has 3 unspecified atom stereocenters. The number of hydrogen-bond donors (Lipinski definition) is 1. The Hall–Kier alpha value is -3.35. The van der Waals surface area contributed by atoms with Gasteiger partial charge in [0.1, 0.15) is 6.61 Å². The summed E-state index contributed by atoms with van der Waals surface area (Å²) in [6.45, 7) is 2.28. The Morgan fingerprint density at radius 3 is 2.67 bits per heavy atom. The Morgan fingerprint density at radius 2 is 1.89 bits per heavy atom. The van der Waals surface area contributed by atoms with Crippen LogP contribution in [0.4, 0.5) is 13.2 Å². The lowest BCUT2D eigenvalue weighted by atomic mass is 9.71. The predicted molar refractivity (Wildman–Crippen MR) is 127 cm³/mol. The van der Waals surface area contributed by atoms with Gasteiger partial charge in [-0.05, 0) is 70.5 Å². The average Bonchev–Trinajstić information content (AvgIpc) is 3.44. The van der Waals surface area contributed by atoms with E-state index in [1.165, 1.54) is 12.1 Å². The molecule has 6 rings (SSSR count). The molecule has 0 saturated heterocycles. The highest BCUT2D eigenvalue weighted by molar-refractivity contribution is 5.77. The van der Waals surface area contributed by atoms with E-state index >= 15 is 0 Å². The fraction of sp³-hybridized carbons (Fsp3) is 0.379. The second-order valence-electron chi connectivity index (χ2n) is 10.4. The minimum Gasteiger partial charge on any atom is -0.481 e. The Balaban J connectivity index is 1.24. The monoisotopic (exact) mass is 493 g/mol. The SMILES string of the molecule is CC1CCc2ccc(COc3cc4c(cn3)[C@@H]3C(C(=O)O)[C@@H]3C4)cc2C1c1ccccc1C(F)(F)F. The van der Waals surface area contributed by atoms with E-state index in [2.05, 4.69) is 4.98 Å². The fourth-order valence-corrected chi connectivity index (χ4v) is 6.45. The number of fused-ring (bicyclic) bond motifs is 4. The van der Waals surface area contributed by atoms with Crippen LogP contribution >= 0.6 is 0 Å². The van der Waals surface area contributed by atoms with Crippen LogP contribution in [0.2, 0.25) is 0 Å². The van der Waals surface area contributed by atoms with Crippen molar-refractivity contribution in [2.75, 3.05) is 0 Å². The number of alkyl halides is 3. The molecule has 1 saturated carbocycles. The maximum Gasteiger partial charge on any atom is 0.416 e. The summed E-state index contributed by atoms with van der Waals surface area (Å²) in [5.41, 5.74) is 4.77. The highest BCUT2D eigenvalue weighted by atomic mass is 19.4. The van der Waals surface area contributed by atoms with Gasteiger partial charge < -0.3 is 9.84 Å². The molecule has 2 aromatic carbocycles. The second-order valence-corrected chi connectivity index (χ2v) is 10.4. The molecule has 0 radical (unpaired) electrons. The summed E-state index contributed by atoms with van der Waals surface area (Å²) < 4.78 is 47.4. The lowest BCUT2D eigenvalue weighted by molar-refractivity contribution is -0.139. The molecule has 4 nitrogen and oxygen atoms in total. The van der Waals surface area contributed by atoms with Gasteiger partial charge in [0.2, 0.25) is 5.88 Å². The first-order valence-corrected chi connectivity index (χ1v) is 12.3. The van der Waals surface area contributed by atoms with Gasteiger partial charge in [0.15, 0.2) is 0 Å². The van der Waals surface area contributed by atoms with Crippen LogP contribution < -0.4 is 4.74 Å². The van der Waals surface area contributed by atoms with E-state index < -0.39 is 17.7 Å². The highest BCUT2D eigenvalue weighted by Crippen LogP contribution is 2.61. The number of pyridine rings is 1. The van der Waals surface area contributed by atoms with Crippen LogP contribution in [0.5, 0.6) is 5.88 Å². The van der Waals surface area contributed by atoms with Gasteiger partial charge in [0, 0.05) is 24.1 Å². The van der Waals surface area contributed by atoms with Crippen LogP contribution in [0.3, 0.4) is 0 Å². The number of hydrogen-bond acceptors (Lipinski definition) is 3. The quantitative estimate of drug-likeness (QED) is 0.449. The lowest BCUT2D eigenvalue weighted by Crippen LogP contribution is -2.23. The molecular weight excluding hydrogens is 467 g/mol. The lowest BCUT2D eigenvalue weighted by Gasteiger charge is -2.34. The molecule has 0 amide bonds. The van der Waals surface area contributed by atoms with Gasteiger partial charge in [-0.15, -0.1) is 0 Å². The van der Waals surface area contributed by atoms with Gasteiger partial charge in [-0.1, -0.05) is 43.3 Å². The number of aromatic nitrogens is 1. The molecule has 186 valence electrons. The van der Waals surface area contributed by atoms with E-state index in [1.807, 2.05) is 31.2 Å². The third-order valence-corrected chi connectivity index (χ3v) is 8.24. The largest absolute Gasteiger partial charge is 0.481 e. The fourth-order valence-electron chi connectivity index (χ4n) is 6.45. The van der Waals surface area contributed by atoms with Crippen LogP contribution in [0.15, 0.2) is 54.7 Å². The van der Waals surface area contributed by atoms with Crippen LogP contribution in [-0.4, -0.2) is 16.1 Å². The number of halogens is 3. The smallest absolute Gasteiger partial charge is 0.416 e. The molecule has 1 aromatic heterocycles. The van der Waals surface area contributed by atoms with Gasteiger partial charge in [0.05, 0.1) is 11.5 Å². The summed E-state index contributed by atoms with van der Waals surface area (Å²) in [7, 11) is 0. The predicted octanol–water partition coefficient (Wildman–Crippen LogP) is 6.36. The summed E-state index contributed by atoms with van der Waals surface area (Å²) in [5.74, 6) is -0.581. The van der Waals surface area contributed by atoms with Crippen molar-refractivity contribution in [2.45, 2.75) is 50.8 Å². The molecule has 3 aliphatic rings. The first-order chi connectivity index (χ1) is 17.2. The average molecular weight is 494 g/mol. The summed E-state index contributed by atoms with van der Waals surface area (Å²) in [6, 6.07) is 13.8. The molecule has 1 heterocycles. The maximum atomic E-state index is 13.8. The molecule has 1 N–H and O–H groups in total. The molecule has 1 fully saturated rings. The van der Waals surface area contributed by atoms with Crippen molar-refractivity contribution < 1.29 is 27.8 Å². The van der Waals surface area contributed by atoms with Crippen molar-refractivity contribution in [3.8, 4) is 5.88 Å². The summed E-state index contributed by atoms with van der Waals surface area (Å²) in [6.07, 6.45) is -0.263. The number of carbonyl (C=O) groups is 1. The molecular formula is C29H26F3NO3. The topological polar surface area (TPSA) is 59.4 Å². The Bertz CT molecular complexity index is 1350. The number of nitrogens with zero attached hydrogens (tertiary/aromatic N) is 1. The minimum absolute atomic E-state index is 0.0678. The summed E-state index contributed by atoms with van der Waals surface area (Å²) >= 11 is 0. The van der Waals surface area contributed by atoms with Crippen LogP contribution in [-0.2, 0) is 30.4 Å². The summed E-state index contributed by atoms with van der Waals surface area (Å²) in [5, 5.41) is 9.30. The third-order valence-electron chi connectivity index (χ3n) is 8.24. The number of ether oxygens (including phenoxy) is 1. The molecule has 0 bridgehead atoms. The van der Waals surface area contributed by atoms with E-state index in [4.69, 9.17) is 4.74 Å². The van der Waals surface area contributed by atoms with E-state index in [-0.39, 0.29) is 36.2 Å².